The molecule has 1 atom stereocenters. The van der Waals surface area contributed by atoms with E-state index in [0.717, 1.165) is 35.3 Å². The van der Waals surface area contributed by atoms with Crippen LogP contribution in [-0.2, 0) is 11.3 Å². The first-order valence-electron chi connectivity index (χ1n) is 6.75. The quantitative estimate of drug-likeness (QED) is 0.747. The zero-order valence-electron chi connectivity index (χ0n) is 11.4. The summed E-state index contributed by atoms with van der Waals surface area (Å²) in [5, 5.41) is 5.96. The average Bonchev–Trinajstić information content (AvgIpc) is 2.85. The lowest BCUT2D eigenvalue weighted by molar-refractivity contribution is 0.105. The van der Waals surface area contributed by atoms with Crippen molar-refractivity contribution in [2.24, 2.45) is 0 Å². The second kappa shape index (κ2) is 7.50. The van der Waals surface area contributed by atoms with Gasteiger partial charge >= 0.3 is 6.09 Å². The van der Waals surface area contributed by atoms with Crippen molar-refractivity contribution in [2.75, 3.05) is 19.7 Å². The molecule has 0 radical (unpaired) electrons. The minimum absolute atomic E-state index is 0.215. The average molecular weight is 343 g/mol. The predicted molar refractivity (Wildman–Crippen MR) is 79.9 cm³/mol. The van der Waals surface area contributed by atoms with Gasteiger partial charge in [0.05, 0.1) is 6.54 Å². The Morgan fingerprint density at radius 2 is 2.40 bits per heavy atom. The summed E-state index contributed by atoms with van der Waals surface area (Å²) < 4.78 is 11.8. The summed E-state index contributed by atoms with van der Waals surface area (Å²) in [6.45, 7) is 4.79. The first-order chi connectivity index (χ1) is 9.69. The molecule has 1 aromatic rings. The van der Waals surface area contributed by atoms with E-state index in [1.54, 1.807) is 0 Å². The molecule has 0 spiro atoms. The fourth-order valence-corrected chi connectivity index (χ4v) is 2.28. The molecule has 1 fully saturated rings. The van der Waals surface area contributed by atoms with E-state index in [1.807, 2.05) is 18.2 Å². The first kappa shape index (κ1) is 15.1. The summed E-state index contributed by atoms with van der Waals surface area (Å²) in [4.78, 5) is 10.9. The third-order valence-corrected chi connectivity index (χ3v) is 3.72. The van der Waals surface area contributed by atoms with Gasteiger partial charge in [0, 0.05) is 11.0 Å². The van der Waals surface area contributed by atoms with Crippen molar-refractivity contribution < 1.29 is 14.3 Å². The van der Waals surface area contributed by atoms with Crippen LogP contribution in [0.3, 0.4) is 0 Å². The second-order valence-electron chi connectivity index (χ2n) is 4.65. The standard InChI is InChI=1S/C14H19BrN2O3/c1-2-5-16-7-10-6-11(3-4-13(10)15)19-9-12-8-17-14(18)20-12/h3-4,6,12,16H,2,5,7-9H2,1H3,(H,17,18). The van der Waals surface area contributed by atoms with Crippen LogP contribution in [-0.4, -0.2) is 31.9 Å². The zero-order valence-corrected chi connectivity index (χ0v) is 13.0. The number of ether oxygens (including phenoxy) is 2. The number of benzene rings is 1. The van der Waals surface area contributed by atoms with Gasteiger partial charge in [-0.3, -0.25) is 0 Å². The molecule has 110 valence electrons. The van der Waals surface area contributed by atoms with Crippen molar-refractivity contribution in [3.05, 3.63) is 28.2 Å². The SMILES string of the molecule is CCCNCc1cc(OCC2CNC(=O)O2)ccc1Br. The molecule has 2 rings (SSSR count). The van der Waals surface area contributed by atoms with E-state index in [2.05, 4.69) is 33.5 Å². The summed E-state index contributed by atoms with van der Waals surface area (Å²) in [5.74, 6) is 0.782. The van der Waals surface area contributed by atoms with Crippen LogP contribution in [0, 0.1) is 0 Å². The van der Waals surface area contributed by atoms with Crippen LogP contribution < -0.4 is 15.4 Å². The van der Waals surface area contributed by atoms with E-state index in [1.165, 1.54) is 0 Å². The van der Waals surface area contributed by atoms with Crippen LogP contribution in [0.1, 0.15) is 18.9 Å². The van der Waals surface area contributed by atoms with Gasteiger partial charge in [-0.25, -0.2) is 4.79 Å². The number of carbonyl (C=O) groups excluding carboxylic acids is 1. The summed E-state index contributed by atoms with van der Waals surface area (Å²) in [7, 11) is 0. The van der Waals surface area contributed by atoms with Crippen LogP contribution in [0.15, 0.2) is 22.7 Å². The van der Waals surface area contributed by atoms with Gasteiger partial charge in [0.15, 0.2) is 6.10 Å². The Balaban J connectivity index is 1.87. The van der Waals surface area contributed by atoms with Gasteiger partial charge < -0.3 is 20.1 Å². The molecule has 5 nitrogen and oxygen atoms in total. The Labute approximate surface area is 127 Å². The summed E-state index contributed by atoms with van der Waals surface area (Å²) in [5.41, 5.74) is 1.15. The lowest BCUT2D eigenvalue weighted by atomic mass is 10.2. The molecule has 1 aromatic carbocycles. The third-order valence-electron chi connectivity index (χ3n) is 2.94. The van der Waals surface area contributed by atoms with Crippen molar-refractivity contribution in [3.63, 3.8) is 0 Å². The molecule has 0 saturated carbocycles. The Hall–Kier alpha value is -1.27. The largest absolute Gasteiger partial charge is 0.490 e. The summed E-state index contributed by atoms with van der Waals surface area (Å²) >= 11 is 3.53. The normalized spacial score (nSPS) is 17.7. The smallest absolute Gasteiger partial charge is 0.407 e. The minimum atomic E-state index is -0.376. The number of alkyl carbamates (subject to hydrolysis) is 1. The number of hydrogen-bond donors (Lipinski definition) is 2. The highest BCUT2D eigenvalue weighted by molar-refractivity contribution is 9.10. The van der Waals surface area contributed by atoms with Crippen LogP contribution in [0.2, 0.25) is 0 Å². The second-order valence-corrected chi connectivity index (χ2v) is 5.50. The molecule has 1 saturated heterocycles. The molecule has 2 N–H and O–H groups in total. The molecule has 0 aromatic heterocycles. The van der Waals surface area contributed by atoms with Crippen molar-refractivity contribution >= 4 is 22.0 Å². The van der Waals surface area contributed by atoms with E-state index in [-0.39, 0.29) is 12.2 Å². The van der Waals surface area contributed by atoms with E-state index < -0.39 is 0 Å². The van der Waals surface area contributed by atoms with E-state index in [9.17, 15) is 4.79 Å². The maximum absolute atomic E-state index is 10.9. The van der Waals surface area contributed by atoms with Crippen molar-refractivity contribution in [1.82, 2.24) is 10.6 Å². The van der Waals surface area contributed by atoms with Crippen LogP contribution in [0.5, 0.6) is 5.75 Å². The number of halogens is 1. The molecule has 1 amide bonds. The number of rotatable bonds is 7. The lowest BCUT2D eigenvalue weighted by Crippen LogP contribution is -2.22. The Morgan fingerprint density at radius 3 is 3.10 bits per heavy atom. The minimum Gasteiger partial charge on any atom is -0.490 e. The number of cyclic esters (lactones) is 1. The van der Waals surface area contributed by atoms with E-state index in [4.69, 9.17) is 9.47 Å². The molecular weight excluding hydrogens is 324 g/mol. The highest BCUT2D eigenvalue weighted by Crippen LogP contribution is 2.23. The monoisotopic (exact) mass is 342 g/mol. The van der Waals surface area contributed by atoms with Crippen LogP contribution >= 0.6 is 15.9 Å². The fraction of sp³-hybridized carbons (Fsp3) is 0.500. The molecule has 6 heteroatoms. The molecule has 0 bridgehead atoms. The van der Waals surface area contributed by atoms with Gasteiger partial charge in [0.2, 0.25) is 0 Å². The third kappa shape index (κ3) is 4.38. The van der Waals surface area contributed by atoms with Gasteiger partial charge in [-0.2, -0.15) is 0 Å². The van der Waals surface area contributed by atoms with Gasteiger partial charge in [-0.15, -0.1) is 0 Å². The fourth-order valence-electron chi connectivity index (χ4n) is 1.89. The number of hydrogen-bond acceptors (Lipinski definition) is 4. The number of amides is 1. The zero-order chi connectivity index (χ0) is 14.4. The molecular formula is C14H19BrN2O3. The van der Waals surface area contributed by atoms with E-state index in [0.29, 0.717) is 13.2 Å². The topological polar surface area (TPSA) is 59.6 Å². The lowest BCUT2D eigenvalue weighted by Gasteiger charge is -2.12. The molecule has 1 heterocycles. The Bertz CT molecular complexity index is 468. The molecule has 1 unspecified atom stereocenters. The summed E-state index contributed by atoms with van der Waals surface area (Å²) in [6, 6.07) is 5.87. The molecule has 1 aliphatic rings. The molecule has 1 aliphatic heterocycles. The number of nitrogens with one attached hydrogen (secondary N) is 2. The van der Waals surface area contributed by atoms with Gasteiger partial charge in [0.25, 0.3) is 0 Å². The van der Waals surface area contributed by atoms with Gasteiger partial charge in [0.1, 0.15) is 12.4 Å². The Morgan fingerprint density at radius 1 is 1.55 bits per heavy atom. The highest BCUT2D eigenvalue weighted by atomic mass is 79.9. The van der Waals surface area contributed by atoms with Crippen molar-refractivity contribution in [1.29, 1.82) is 0 Å². The maximum atomic E-state index is 10.9. The van der Waals surface area contributed by atoms with Gasteiger partial charge in [-0.05, 0) is 36.7 Å². The first-order valence-corrected chi connectivity index (χ1v) is 7.54. The molecule has 20 heavy (non-hydrogen) atoms. The summed E-state index contributed by atoms with van der Waals surface area (Å²) in [6.07, 6.45) is 0.514. The Kier molecular flexibility index (Phi) is 5.67. The van der Waals surface area contributed by atoms with Crippen molar-refractivity contribution in [2.45, 2.75) is 26.0 Å². The van der Waals surface area contributed by atoms with Gasteiger partial charge in [-0.1, -0.05) is 22.9 Å². The maximum Gasteiger partial charge on any atom is 0.407 e. The molecule has 0 aliphatic carbocycles. The van der Waals surface area contributed by atoms with Crippen LogP contribution in [0.4, 0.5) is 4.79 Å². The highest BCUT2D eigenvalue weighted by Gasteiger charge is 2.22. The van der Waals surface area contributed by atoms with Crippen molar-refractivity contribution in [3.8, 4) is 5.75 Å². The van der Waals surface area contributed by atoms with E-state index >= 15 is 0 Å². The number of carbonyl (C=O) groups is 1. The predicted octanol–water partition coefficient (Wildman–Crippen LogP) is 2.44. The van der Waals surface area contributed by atoms with Crippen LogP contribution in [0.25, 0.3) is 0 Å².